The number of rotatable bonds is 6. The van der Waals surface area contributed by atoms with Crippen LogP contribution in [0.15, 0.2) is 6.07 Å². The predicted molar refractivity (Wildman–Crippen MR) is 85.0 cm³/mol. The first-order valence-electron chi connectivity index (χ1n) is 8.29. The summed E-state index contributed by atoms with van der Waals surface area (Å²) in [6.45, 7) is 7.86. The summed E-state index contributed by atoms with van der Waals surface area (Å²) in [4.78, 5) is 11.8. The van der Waals surface area contributed by atoms with Gasteiger partial charge in [-0.3, -0.25) is 0 Å². The third-order valence-corrected chi connectivity index (χ3v) is 4.13. The predicted octanol–water partition coefficient (Wildman–Crippen LogP) is 2.79. The molecule has 0 amide bonds. The topological polar surface area (TPSA) is 50.3 Å². The minimum absolute atomic E-state index is 0.339. The average molecular weight is 290 g/mol. The largest absolute Gasteiger partial charge is 0.377 e. The van der Waals surface area contributed by atoms with Gasteiger partial charge in [0.15, 0.2) is 0 Å². The Bertz CT molecular complexity index is 473. The van der Waals surface area contributed by atoms with Crippen molar-refractivity contribution in [3.8, 4) is 0 Å². The van der Waals surface area contributed by atoms with E-state index in [1.165, 1.54) is 19.3 Å². The van der Waals surface area contributed by atoms with E-state index in [1.54, 1.807) is 0 Å². The van der Waals surface area contributed by atoms with Crippen LogP contribution in [0, 0.1) is 0 Å². The molecule has 1 saturated carbocycles. The number of nitrogens with zero attached hydrogens (tertiary/aromatic N) is 3. The van der Waals surface area contributed by atoms with Crippen LogP contribution in [-0.4, -0.2) is 42.3 Å². The fourth-order valence-electron chi connectivity index (χ4n) is 2.93. The van der Waals surface area contributed by atoms with Crippen molar-refractivity contribution in [2.45, 2.75) is 51.6 Å². The van der Waals surface area contributed by atoms with Gasteiger partial charge in [-0.2, -0.15) is 0 Å². The van der Waals surface area contributed by atoms with Crippen LogP contribution in [-0.2, 0) is 4.74 Å². The van der Waals surface area contributed by atoms with Crippen LogP contribution in [0.25, 0.3) is 0 Å². The smallest absolute Gasteiger partial charge is 0.136 e. The molecule has 5 heteroatoms. The van der Waals surface area contributed by atoms with Crippen LogP contribution in [0.4, 0.5) is 11.6 Å². The molecule has 1 atom stereocenters. The lowest BCUT2D eigenvalue weighted by Gasteiger charge is -2.33. The number of anilines is 2. The Morgan fingerprint density at radius 3 is 2.86 bits per heavy atom. The van der Waals surface area contributed by atoms with Gasteiger partial charge in [0.1, 0.15) is 17.5 Å². The minimum Gasteiger partial charge on any atom is -0.377 e. The fourth-order valence-corrected chi connectivity index (χ4v) is 2.93. The minimum atomic E-state index is 0.339. The second kappa shape index (κ2) is 6.60. The number of hydrogen-bond donors (Lipinski definition) is 1. The van der Waals surface area contributed by atoms with Gasteiger partial charge < -0.3 is 15.0 Å². The van der Waals surface area contributed by atoms with Gasteiger partial charge >= 0.3 is 0 Å². The summed E-state index contributed by atoms with van der Waals surface area (Å²) in [5.74, 6) is 3.62. The molecule has 1 aliphatic carbocycles. The summed E-state index contributed by atoms with van der Waals surface area (Å²) in [5.41, 5.74) is 0. The Balaban J connectivity index is 1.79. The van der Waals surface area contributed by atoms with Crippen molar-refractivity contribution in [1.29, 1.82) is 0 Å². The zero-order valence-electron chi connectivity index (χ0n) is 13.1. The van der Waals surface area contributed by atoms with Crippen LogP contribution in [0.3, 0.4) is 0 Å². The molecule has 0 spiro atoms. The van der Waals surface area contributed by atoms with Gasteiger partial charge in [-0.25, -0.2) is 9.97 Å². The van der Waals surface area contributed by atoms with Crippen molar-refractivity contribution in [1.82, 2.24) is 9.97 Å². The molecule has 1 saturated heterocycles. The molecule has 21 heavy (non-hydrogen) atoms. The quantitative estimate of drug-likeness (QED) is 0.873. The number of hydrogen-bond acceptors (Lipinski definition) is 5. The molecule has 2 heterocycles. The third kappa shape index (κ3) is 3.64. The fraction of sp³-hybridized carbons (Fsp3) is 0.750. The summed E-state index contributed by atoms with van der Waals surface area (Å²) < 4.78 is 5.80. The van der Waals surface area contributed by atoms with E-state index in [4.69, 9.17) is 9.72 Å². The molecule has 2 aliphatic rings. The summed E-state index contributed by atoms with van der Waals surface area (Å²) in [5, 5.41) is 3.34. The van der Waals surface area contributed by atoms with Crippen molar-refractivity contribution in [3.63, 3.8) is 0 Å². The van der Waals surface area contributed by atoms with E-state index >= 15 is 0 Å². The Morgan fingerprint density at radius 2 is 2.14 bits per heavy atom. The van der Waals surface area contributed by atoms with Gasteiger partial charge in [0, 0.05) is 38.2 Å². The Labute approximate surface area is 127 Å². The zero-order chi connectivity index (χ0) is 14.7. The van der Waals surface area contributed by atoms with Crippen LogP contribution in [0.1, 0.15) is 51.3 Å². The molecular weight excluding hydrogens is 264 g/mol. The molecule has 1 N–H and O–H groups in total. The van der Waals surface area contributed by atoms with Gasteiger partial charge in [-0.05, 0) is 39.5 Å². The van der Waals surface area contributed by atoms with E-state index in [9.17, 15) is 0 Å². The molecule has 1 aromatic rings. The highest BCUT2D eigenvalue weighted by molar-refractivity contribution is 5.50. The van der Waals surface area contributed by atoms with Gasteiger partial charge in [0.25, 0.3) is 0 Å². The van der Waals surface area contributed by atoms with Crippen LogP contribution in [0.5, 0.6) is 0 Å². The third-order valence-electron chi connectivity index (χ3n) is 4.13. The normalized spacial score (nSPS) is 22.4. The number of nitrogens with one attached hydrogen (secondary N) is 1. The molecule has 5 nitrogen and oxygen atoms in total. The van der Waals surface area contributed by atoms with Crippen LogP contribution < -0.4 is 10.2 Å². The monoisotopic (exact) mass is 290 g/mol. The lowest BCUT2D eigenvalue weighted by atomic mass is 10.1. The molecule has 1 aliphatic heterocycles. The van der Waals surface area contributed by atoms with E-state index in [2.05, 4.69) is 35.1 Å². The first-order valence-corrected chi connectivity index (χ1v) is 8.29. The first kappa shape index (κ1) is 14.6. The average Bonchev–Trinajstić information content (AvgIpc) is 3.33. The maximum atomic E-state index is 5.80. The van der Waals surface area contributed by atoms with Gasteiger partial charge in [-0.15, -0.1) is 0 Å². The van der Waals surface area contributed by atoms with Crippen LogP contribution >= 0.6 is 0 Å². The number of aromatic nitrogens is 2. The summed E-state index contributed by atoms with van der Waals surface area (Å²) in [7, 11) is 0. The molecule has 3 rings (SSSR count). The number of piperidine rings is 1. The summed E-state index contributed by atoms with van der Waals surface area (Å²) in [6, 6.07) is 2.09. The Hall–Kier alpha value is -1.36. The van der Waals surface area contributed by atoms with Gasteiger partial charge in [0.05, 0.1) is 6.10 Å². The summed E-state index contributed by atoms with van der Waals surface area (Å²) >= 11 is 0. The lowest BCUT2D eigenvalue weighted by Crippen LogP contribution is -2.40. The van der Waals surface area contributed by atoms with Crippen molar-refractivity contribution in [2.24, 2.45) is 0 Å². The van der Waals surface area contributed by atoms with E-state index in [1.807, 2.05) is 0 Å². The molecule has 1 aromatic heterocycles. The van der Waals surface area contributed by atoms with Gasteiger partial charge in [-0.1, -0.05) is 0 Å². The second-order valence-corrected chi connectivity index (χ2v) is 5.94. The highest BCUT2D eigenvalue weighted by Gasteiger charge is 2.29. The molecule has 0 bridgehead atoms. The van der Waals surface area contributed by atoms with Gasteiger partial charge in [0.2, 0.25) is 0 Å². The van der Waals surface area contributed by atoms with Crippen molar-refractivity contribution in [3.05, 3.63) is 11.9 Å². The number of ether oxygens (including phenoxy) is 1. The standard InChI is InChI=1S/C16H26N4O/c1-3-17-14-10-15(19-16(18-14)12-7-8-12)20-9-5-6-13(11-20)21-4-2/h10,12-13H,3-9,11H2,1-2H3,(H,17,18,19). The lowest BCUT2D eigenvalue weighted by molar-refractivity contribution is 0.0525. The van der Waals surface area contributed by atoms with Crippen LogP contribution in [0.2, 0.25) is 0 Å². The molecule has 0 aromatic carbocycles. The molecule has 1 unspecified atom stereocenters. The molecular formula is C16H26N4O. The Kier molecular flexibility index (Phi) is 4.58. The van der Waals surface area contributed by atoms with Crippen molar-refractivity contribution < 1.29 is 4.74 Å². The maximum Gasteiger partial charge on any atom is 0.136 e. The SMILES string of the molecule is CCNc1cc(N2CCCC(OCC)C2)nc(C2CC2)n1. The molecule has 116 valence electrons. The van der Waals surface area contributed by atoms with E-state index in [0.29, 0.717) is 12.0 Å². The highest BCUT2D eigenvalue weighted by atomic mass is 16.5. The molecule has 2 fully saturated rings. The highest BCUT2D eigenvalue weighted by Crippen LogP contribution is 2.39. The second-order valence-electron chi connectivity index (χ2n) is 5.94. The van der Waals surface area contributed by atoms with E-state index < -0.39 is 0 Å². The van der Waals surface area contributed by atoms with E-state index in [0.717, 1.165) is 50.1 Å². The maximum absolute atomic E-state index is 5.80. The first-order chi connectivity index (χ1) is 10.3. The Morgan fingerprint density at radius 1 is 1.29 bits per heavy atom. The van der Waals surface area contributed by atoms with Crippen molar-refractivity contribution in [2.75, 3.05) is 36.5 Å². The van der Waals surface area contributed by atoms with E-state index in [-0.39, 0.29) is 0 Å². The summed E-state index contributed by atoms with van der Waals surface area (Å²) in [6.07, 6.45) is 5.13. The zero-order valence-corrected chi connectivity index (χ0v) is 13.1. The van der Waals surface area contributed by atoms with Crippen molar-refractivity contribution >= 4 is 11.6 Å². The molecule has 0 radical (unpaired) electrons.